The van der Waals surface area contributed by atoms with Gasteiger partial charge in [-0.25, -0.2) is 0 Å². The molecule has 0 heteroatoms. The first-order valence-electron chi connectivity index (χ1n) is 12.9. The summed E-state index contributed by atoms with van der Waals surface area (Å²) in [6.07, 6.45) is 5.14. The van der Waals surface area contributed by atoms with Gasteiger partial charge in [-0.2, -0.15) is 0 Å². The molecule has 1 fully saturated rings. The molecule has 4 aromatic carbocycles. The fourth-order valence-corrected chi connectivity index (χ4v) is 6.15. The third kappa shape index (κ3) is 5.02. The summed E-state index contributed by atoms with van der Waals surface area (Å²) in [6.45, 7) is 4.36. The minimum Gasteiger partial charge on any atom is -0.0622 e. The second-order valence-electron chi connectivity index (χ2n) is 10.3. The van der Waals surface area contributed by atoms with Gasteiger partial charge in [0.05, 0.1) is 0 Å². The molecule has 0 bridgehead atoms. The van der Waals surface area contributed by atoms with Gasteiger partial charge >= 0.3 is 0 Å². The summed E-state index contributed by atoms with van der Waals surface area (Å²) in [5, 5.41) is 0. The molecule has 0 nitrogen and oxygen atoms in total. The molecule has 0 N–H and O–H groups in total. The molecular weight excluding hydrogens is 408 g/mol. The van der Waals surface area contributed by atoms with Crippen molar-refractivity contribution in [1.82, 2.24) is 0 Å². The summed E-state index contributed by atoms with van der Waals surface area (Å²) in [5.41, 5.74) is 8.55. The molecule has 0 aromatic heterocycles. The first-order valence-corrected chi connectivity index (χ1v) is 12.9. The standard InChI is InChI=1S/C34H36/c1-25-13-17-29(18-14-25)33(27-9-5-3-6-10-27)31-21-23-32(24-22-31)34(28-11-7-4-8-12-28)30-19-15-26(2)16-20-30/h3-20,31-34H,21-24H2,1-2H3. The van der Waals surface area contributed by atoms with Crippen molar-refractivity contribution in [2.45, 2.75) is 51.4 Å². The van der Waals surface area contributed by atoms with Gasteiger partial charge in [0, 0.05) is 11.8 Å². The monoisotopic (exact) mass is 444 g/mol. The Morgan fingerprint density at radius 3 is 1.03 bits per heavy atom. The van der Waals surface area contributed by atoms with E-state index in [1.54, 1.807) is 0 Å². The third-order valence-corrected chi connectivity index (χ3v) is 7.95. The predicted molar refractivity (Wildman–Crippen MR) is 144 cm³/mol. The maximum absolute atomic E-state index is 2.36. The molecule has 0 amide bonds. The number of benzene rings is 4. The second kappa shape index (κ2) is 10.4. The largest absolute Gasteiger partial charge is 0.0622 e. The summed E-state index contributed by atoms with van der Waals surface area (Å²) >= 11 is 0. The highest BCUT2D eigenvalue weighted by atomic mass is 14.4. The van der Waals surface area contributed by atoms with Crippen molar-refractivity contribution in [3.63, 3.8) is 0 Å². The molecule has 0 radical (unpaired) electrons. The molecule has 2 atom stereocenters. The lowest BCUT2D eigenvalue weighted by molar-refractivity contribution is 0.240. The molecule has 5 rings (SSSR count). The van der Waals surface area contributed by atoms with E-state index in [0.29, 0.717) is 23.7 Å². The molecule has 4 aromatic rings. The summed E-state index contributed by atoms with van der Waals surface area (Å²) in [4.78, 5) is 0. The average molecular weight is 445 g/mol. The van der Waals surface area contributed by atoms with E-state index in [9.17, 15) is 0 Å². The Balaban J connectivity index is 1.41. The highest BCUT2D eigenvalue weighted by molar-refractivity contribution is 5.37. The van der Waals surface area contributed by atoms with Crippen LogP contribution in [0.1, 0.15) is 70.9 Å². The van der Waals surface area contributed by atoms with Crippen LogP contribution in [0.5, 0.6) is 0 Å². The van der Waals surface area contributed by atoms with Crippen molar-refractivity contribution in [3.05, 3.63) is 143 Å². The first kappa shape index (κ1) is 22.7. The number of aryl methyl sites for hydroxylation is 2. The van der Waals surface area contributed by atoms with Crippen LogP contribution in [0.2, 0.25) is 0 Å². The van der Waals surface area contributed by atoms with Gasteiger partial charge in [0.1, 0.15) is 0 Å². The smallest absolute Gasteiger partial charge is 0.0118 e. The van der Waals surface area contributed by atoms with Crippen molar-refractivity contribution in [2.75, 3.05) is 0 Å². The Morgan fingerprint density at radius 1 is 0.412 bits per heavy atom. The Kier molecular flexibility index (Phi) is 6.95. The maximum atomic E-state index is 2.36. The molecule has 172 valence electrons. The Bertz CT molecular complexity index is 1050. The van der Waals surface area contributed by atoms with E-state index >= 15 is 0 Å². The van der Waals surface area contributed by atoms with Crippen LogP contribution in [0, 0.1) is 25.7 Å². The minimum absolute atomic E-state index is 0.484. The molecule has 0 heterocycles. The summed E-state index contributed by atoms with van der Waals surface area (Å²) in [7, 11) is 0. The quantitative estimate of drug-likeness (QED) is 0.278. The lowest BCUT2D eigenvalue weighted by Gasteiger charge is -2.38. The lowest BCUT2D eigenvalue weighted by atomic mass is 9.66. The van der Waals surface area contributed by atoms with Gasteiger partial charge in [0.15, 0.2) is 0 Å². The number of hydrogen-bond donors (Lipinski definition) is 0. The molecule has 0 saturated heterocycles. The van der Waals surface area contributed by atoms with Crippen LogP contribution in [0.15, 0.2) is 109 Å². The Labute approximate surface area is 205 Å². The lowest BCUT2D eigenvalue weighted by Crippen LogP contribution is -2.25. The fraction of sp³-hybridized carbons (Fsp3) is 0.294. The van der Waals surface area contributed by atoms with E-state index in [2.05, 4.69) is 123 Å². The Morgan fingerprint density at radius 2 is 0.706 bits per heavy atom. The molecule has 1 saturated carbocycles. The molecule has 0 aliphatic heterocycles. The van der Waals surface area contributed by atoms with Crippen LogP contribution < -0.4 is 0 Å². The molecular formula is C34H36. The van der Waals surface area contributed by atoms with Crippen molar-refractivity contribution in [2.24, 2.45) is 11.8 Å². The van der Waals surface area contributed by atoms with E-state index in [0.717, 1.165) is 0 Å². The summed E-state index contributed by atoms with van der Waals surface area (Å²) in [6, 6.07) is 40.9. The minimum atomic E-state index is 0.484. The van der Waals surface area contributed by atoms with Gasteiger partial charge in [-0.3, -0.25) is 0 Å². The number of rotatable bonds is 6. The highest BCUT2D eigenvalue weighted by Gasteiger charge is 2.34. The van der Waals surface area contributed by atoms with Crippen molar-refractivity contribution >= 4 is 0 Å². The van der Waals surface area contributed by atoms with Crippen LogP contribution in [0.3, 0.4) is 0 Å². The molecule has 0 spiro atoms. The van der Waals surface area contributed by atoms with E-state index in [4.69, 9.17) is 0 Å². The normalized spacial score (nSPS) is 19.9. The van der Waals surface area contributed by atoms with Gasteiger partial charge in [-0.1, -0.05) is 120 Å². The summed E-state index contributed by atoms with van der Waals surface area (Å²) in [5.74, 6) is 2.35. The molecule has 2 unspecified atom stereocenters. The molecule has 34 heavy (non-hydrogen) atoms. The van der Waals surface area contributed by atoms with Crippen molar-refractivity contribution in [1.29, 1.82) is 0 Å². The van der Waals surface area contributed by atoms with E-state index in [1.165, 1.54) is 59.1 Å². The van der Waals surface area contributed by atoms with Crippen LogP contribution >= 0.6 is 0 Å². The zero-order valence-electron chi connectivity index (χ0n) is 20.5. The Hall–Kier alpha value is -3.12. The van der Waals surface area contributed by atoms with Gasteiger partial charge < -0.3 is 0 Å². The average Bonchev–Trinajstić information content (AvgIpc) is 2.89. The molecule has 1 aliphatic carbocycles. The highest BCUT2D eigenvalue weighted by Crippen LogP contribution is 2.47. The van der Waals surface area contributed by atoms with Crippen LogP contribution in [-0.4, -0.2) is 0 Å². The first-order chi connectivity index (χ1) is 16.7. The summed E-state index contributed by atoms with van der Waals surface area (Å²) < 4.78 is 0. The fourth-order valence-electron chi connectivity index (χ4n) is 6.15. The van der Waals surface area contributed by atoms with Gasteiger partial charge in [-0.05, 0) is 73.6 Å². The van der Waals surface area contributed by atoms with Gasteiger partial charge in [0.25, 0.3) is 0 Å². The number of hydrogen-bond acceptors (Lipinski definition) is 0. The van der Waals surface area contributed by atoms with E-state index in [-0.39, 0.29) is 0 Å². The predicted octanol–water partition coefficient (Wildman–Crippen LogP) is 9.07. The van der Waals surface area contributed by atoms with Crippen LogP contribution in [0.25, 0.3) is 0 Å². The van der Waals surface area contributed by atoms with Gasteiger partial charge in [-0.15, -0.1) is 0 Å². The van der Waals surface area contributed by atoms with E-state index in [1.807, 2.05) is 0 Å². The van der Waals surface area contributed by atoms with Crippen molar-refractivity contribution in [3.8, 4) is 0 Å². The topological polar surface area (TPSA) is 0 Å². The second-order valence-corrected chi connectivity index (χ2v) is 10.3. The SMILES string of the molecule is Cc1ccc(C(c2ccccc2)C2CCC(C(c3ccccc3)c3ccc(C)cc3)CC2)cc1. The zero-order valence-corrected chi connectivity index (χ0v) is 20.5. The van der Waals surface area contributed by atoms with Crippen LogP contribution in [-0.2, 0) is 0 Å². The zero-order chi connectivity index (χ0) is 23.3. The van der Waals surface area contributed by atoms with Crippen LogP contribution in [0.4, 0.5) is 0 Å². The van der Waals surface area contributed by atoms with Crippen molar-refractivity contribution < 1.29 is 0 Å². The molecule has 1 aliphatic rings. The van der Waals surface area contributed by atoms with E-state index < -0.39 is 0 Å². The third-order valence-electron chi connectivity index (χ3n) is 7.95. The maximum Gasteiger partial charge on any atom is 0.0118 e. The van der Waals surface area contributed by atoms with Gasteiger partial charge in [0.2, 0.25) is 0 Å².